The van der Waals surface area contributed by atoms with E-state index in [-0.39, 0.29) is 0 Å². The zero-order chi connectivity index (χ0) is 11.4. The van der Waals surface area contributed by atoms with Crippen LogP contribution in [0.4, 0.5) is 0 Å². The molecule has 1 aliphatic carbocycles. The van der Waals surface area contributed by atoms with Crippen molar-refractivity contribution in [3.63, 3.8) is 0 Å². The number of ether oxygens (including phenoxy) is 1. The first-order valence-electron chi connectivity index (χ1n) is 6.16. The summed E-state index contributed by atoms with van der Waals surface area (Å²) in [6.45, 7) is 0. The molecule has 2 rings (SSSR count). The predicted molar refractivity (Wildman–Crippen MR) is 67.1 cm³/mol. The van der Waals surface area contributed by atoms with E-state index in [9.17, 15) is 0 Å². The largest absolute Gasteiger partial charge is 0.497 e. The maximum atomic E-state index is 5.29. The van der Waals surface area contributed by atoms with E-state index in [2.05, 4.69) is 30.6 Å². The molecule has 1 fully saturated rings. The van der Waals surface area contributed by atoms with Gasteiger partial charge in [0.2, 0.25) is 0 Å². The van der Waals surface area contributed by atoms with Gasteiger partial charge >= 0.3 is 0 Å². The zero-order valence-electron chi connectivity index (χ0n) is 10.2. The van der Waals surface area contributed by atoms with E-state index in [0.29, 0.717) is 12.0 Å². The van der Waals surface area contributed by atoms with Crippen molar-refractivity contribution in [2.45, 2.75) is 37.6 Å². The third kappa shape index (κ3) is 2.38. The maximum Gasteiger partial charge on any atom is 0.119 e. The van der Waals surface area contributed by atoms with Gasteiger partial charge in [-0.3, -0.25) is 0 Å². The van der Waals surface area contributed by atoms with Crippen molar-refractivity contribution in [3.8, 4) is 5.75 Å². The Morgan fingerprint density at radius 2 is 2.06 bits per heavy atom. The van der Waals surface area contributed by atoms with E-state index >= 15 is 0 Å². The van der Waals surface area contributed by atoms with Crippen LogP contribution in [0, 0.1) is 0 Å². The molecule has 1 N–H and O–H groups in total. The fraction of sp³-hybridized carbons (Fsp3) is 0.571. The molecule has 2 heteroatoms. The van der Waals surface area contributed by atoms with Crippen molar-refractivity contribution in [2.75, 3.05) is 14.2 Å². The summed E-state index contributed by atoms with van der Waals surface area (Å²) in [5.74, 6) is 1.62. The Morgan fingerprint density at radius 3 is 2.81 bits per heavy atom. The Bertz CT molecular complexity index is 337. The van der Waals surface area contributed by atoms with Gasteiger partial charge in [0.15, 0.2) is 0 Å². The second kappa shape index (κ2) is 5.35. The molecule has 1 aromatic carbocycles. The lowest BCUT2D eigenvalue weighted by Crippen LogP contribution is -2.34. The van der Waals surface area contributed by atoms with Gasteiger partial charge in [0.25, 0.3) is 0 Å². The Kier molecular flexibility index (Phi) is 3.83. The summed E-state index contributed by atoms with van der Waals surface area (Å²) in [4.78, 5) is 0. The number of methoxy groups -OCH3 is 1. The molecule has 2 atom stereocenters. The van der Waals surface area contributed by atoms with Gasteiger partial charge in [-0.15, -0.1) is 0 Å². The highest BCUT2D eigenvalue weighted by atomic mass is 16.5. The lowest BCUT2D eigenvalue weighted by molar-refractivity contribution is 0.342. The van der Waals surface area contributed by atoms with E-state index in [0.717, 1.165) is 5.75 Å². The fourth-order valence-electron chi connectivity index (χ4n) is 2.75. The number of nitrogens with one attached hydrogen (secondary N) is 1. The van der Waals surface area contributed by atoms with Crippen LogP contribution in [0.2, 0.25) is 0 Å². The number of rotatable bonds is 3. The predicted octanol–water partition coefficient (Wildman–Crippen LogP) is 2.94. The quantitative estimate of drug-likeness (QED) is 0.844. The maximum absolute atomic E-state index is 5.29. The van der Waals surface area contributed by atoms with Crippen molar-refractivity contribution >= 4 is 0 Å². The Labute approximate surface area is 98.0 Å². The van der Waals surface area contributed by atoms with Crippen molar-refractivity contribution in [1.29, 1.82) is 0 Å². The van der Waals surface area contributed by atoms with E-state index in [1.165, 1.54) is 31.2 Å². The average Bonchev–Trinajstić information content (AvgIpc) is 2.38. The van der Waals surface area contributed by atoms with Crippen LogP contribution in [0.25, 0.3) is 0 Å². The van der Waals surface area contributed by atoms with Gasteiger partial charge in [-0.25, -0.2) is 0 Å². The number of likely N-dealkylation sites (N-methyl/N-ethyl adjacent to an activating group) is 1. The molecule has 0 radical (unpaired) electrons. The molecule has 1 aliphatic rings. The monoisotopic (exact) mass is 219 g/mol. The van der Waals surface area contributed by atoms with Crippen LogP contribution in [0.3, 0.4) is 0 Å². The van der Waals surface area contributed by atoms with Crippen LogP contribution >= 0.6 is 0 Å². The molecule has 2 nitrogen and oxygen atoms in total. The molecular formula is C14H21NO. The van der Waals surface area contributed by atoms with Crippen LogP contribution in [-0.2, 0) is 0 Å². The zero-order valence-corrected chi connectivity index (χ0v) is 10.2. The minimum absolute atomic E-state index is 0.626. The first kappa shape index (κ1) is 11.5. The van der Waals surface area contributed by atoms with Crippen molar-refractivity contribution in [2.24, 2.45) is 0 Å². The molecule has 1 aromatic rings. The molecule has 0 spiro atoms. The average molecular weight is 219 g/mol. The molecule has 0 aliphatic heterocycles. The molecule has 0 saturated heterocycles. The molecule has 2 unspecified atom stereocenters. The second-order valence-corrected chi connectivity index (χ2v) is 4.56. The Morgan fingerprint density at radius 1 is 1.25 bits per heavy atom. The summed E-state index contributed by atoms with van der Waals surface area (Å²) in [5.41, 5.74) is 1.42. The van der Waals surface area contributed by atoms with Crippen LogP contribution in [0.5, 0.6) is 5.75 Å². The highest BCUT2D eigenvalue weighted by molar-refractivity contribution is 5.32. The molecule has 88 valence electrons. The molecule has 16 heavy (non-hydrogen) atoms. The summed E-state index contributed by atoms with van der Waals surface area (Å²) in [6, 6.07) is 9.14. The molecular weight excluding hydrogens is 198 g/mol. The van der Waals surface area contributed by atoms with Crippen molar-refractivity contribution < 1.29 is 4.74 Å². The fourth-order valence-corrected chi connectivity index (χ4v) is 2.75. The Balaban J connectivity index is 2.20. The van der Waals surface area contributed by atoms with Gasteiger partial charge in [0.05, 0.1) is 7.11 Å². The van der Waals surface area contributed by atoms with Crippen LogP contribution in [0.15, 0.2) is 24.3 Å². The first-order chi connectivity index (χ1) is 7.85. The van der Waals surface area contributed by atoms with E-state index in [1.54, 1.807) is 7.11 Å². The molecule has 0 amide bonds. The minimum atomic E-state index is 0.626. The SMILES string of the molecule is CNC1CCCCC1c1cccc(OC)c1. The van der Waals surface area contributed by atoms with E-state index in [1.807, 2.05) is 6.07 Å². The first-order valence-corrected chi connectivity index (χ1v) is 6.16. The summed E-state index contributed by atoms with van der Waals surface area (Å²) >= 11 is 0. The van der Waals surface area contributed by atoms with Crippen LogP contribution < -0.4 is 10.1 Å². The lowest BCUT2D eigenvalue weighted by Gasteiger charge is -2.31. The van der Waals surface area contributed by atoms with Gasteiger partial charge in [-0.2, -0.15) is 0 Å². The molecule has 0 bridgehead atoms. The van der Waals surface area contributed by atoms with Gasteiger partial charge in [-0.1, -0.05) is 25.0 Å². The smallest absolute Gasteiger partial charge is 0.119 e. The van der Waals surface area contributed by atoms with Gasteiger partial charge in [0, 0.05) is 6.04 Å². The minimum Gasteiger partial charge on any atom is -0.497 e. The van der Waals surface area contributed by atoms with E-state index in [4.69, 9.17) is 4.74 Å². The van der Waals surface area contributed by atoms with E-state index < -0.39 is 0 Å². The summed E-state index contributed by atoms with van der Waals surface area (Å²) in [5, 5.41) is 3.45. The van der Waals surface area contributed by atoms with Gasteiger partial charge < -0.3 is 10.1 Å². The highest BCUT2D eigenvalue weighted by Gasteiger charge is 2.25. The topological polar surface area (TPSA) is 21.3 Å². The van der Waals surface area contributed by atoms with Crippen LogP contribution in [-0.4, -0.2) is 20.2 Å². The summed E-state index contributed by atoms with van der Waals surface area (Å²) < 4.78 is 5.29. The van der Waals surface area contributed by atoms with Crippen LogP contribution in [0.1, 0.15) is 37.2 Å². The summed E-state index contributed by atoms with van der Waals surface area (Å²) in [7, 11) is 3.80. The molecule has 0 heterocycles. The third-order valence-corrected chi connectivity index (χ3v) is 3.66. The number of hydrogen-bond acceptors (Lipinski definition) is 2. The van der Waals surface area contributed by atoms with Crippen molar-refractivity contribution in [3.05, 3.63) is 29.8 Å². The second-order valence-electron chi connectivity index (χ2n) is 4.56. The molecule has 0 aromatic heterocycles. The van der Waals surface area contributed by atoms with Gasteiger partial charge in [0.1, 0.15) is 5.75 Å². The molecule has 1 saturated carbocycles. The highest BCUT2D eigenvalue weighted by Crippen LogP contribution is 2.34. The number of benzene rings is 1. The number of hydrogen-bond donors (Lipinski definition) is 1. The third-order valence-electron chi connectivity index (χ3n) is 3.66. The standard InChI is InChI=1S/C14H21NO/c1-15-14-9-4-3-8-13(14)11-6-5-7-12(10-11)16-2/h5-7,10,13-15H,3-4,8-9H2,1-2H3. The Hall–Kier alpha value is -1.02. The normalized spacial score (nSPS) is 25.4. The lowest BCUT2D eigenvalue weighted by atomic mass is 9.80. The summed E-state index contributed by atoms with van der Waals surface area (Å²) in [6.07, 6.45) is 5.28. The van der Waals surface area contributed by atoms with Gasteiger partial charge in [-0.05, 0) is 43.5 Å². The van der Waals surface area contributed by atoms with Crippen molar-refractivity contribution in [1.82, 2.24) is 5.32 Å².